The second-order valence-electron chi connectivity index (χ2n) is 7.22. The Balaban J connectivity index is 1.73. The molecule has 0 spiro atoms. The first-order valence-corrected chi connectivity index (χ1v) is 9.21. The molecule has 6 N–H and O–H groups in total. The van der Waals surface area contributed by atoms with Crippen LogP contribution in [0.15, 0.2) is 46.9 Å². The standard InChI is InChI=1S/C21H22O8/c22-9-15-17(25)18(26)19(27)21(29-15)16-14(24)6-3-11-8-13(28-20(11)16)7-10-1-4-12(23)5-2-10/h1-6,8,15,17-19,21-27H,7,9H2/t15-,17+,18-,19-,21+/m1/s1. The third-order valence-electron chi connectivity index (χ3n) is 5.24. The van der Waals surface area contributed by atoms with Crippen LogP contribution >= 0.6 is 0 Å². The lowest BCUT2D eigenvalue weighted by atomic mass is 9.90. The Kier molecular flexibility index (Phi) is 5.20. The van der Waals surface area contributed by atoms with Crippen LogP contribution in [0.2, 0.25) is 0 Å². The summed E-state index contributed by atoms with van der Waals surface area (Å²) in [6.07, 6.45) is -6.46. The second kappa shape index (κ2) is 7.66. The van der Waals surface area contributed by atoms with Crippen LogP contribution in [0, 0.1) is 0 Å². The molecule has 0 aliphatic carbocycles. The minimum absolute atomic E-state index is 0.136. The lowest BCUT2D eigenvalue weighted by Gasteiger charge is -2.40. The maximum Gasteiger partial charge on any atom is 0.143 e. The number of aliphatic hydroxyl groups is 4. The van der Waals surface area contributed by atoms with Gasteiger partial charge in [0.25, 0.3) is 0 Å². The maximum absolute atomic E-state index is 10.4. The molecule has 3 aromatic rings. The van der Waals surface area contributed by atoms with Crippen molar-refractivity contribution < 1.29 is 39.8 Å². The molecule has 8 nitrogen and oxygen atoms in total. The van der Waals surface area contributed by atoms with Crippen molar-refractivity contribution in [3.05, 3.63) is 59.4 Å². The Labute approximate surface area is 165 Å². The summed E-state index contributed by atoms with van der Waals surface area (Å²) in [5, 5.41) is 60.4. The molecule has 5 atom stereocenters. The molecule has 2 aromatic carbocycles. The molecule has 1 aromatic heterocycles. The normalized spacial score (nSPS) is 27.4. The monoisotopic (exact) mass is 402 g/mol. The minimum Gasteiger partial charge on any atom is -0.508 e. The number of ether oxygens (including phenoxy) is 1. The molecule has 0 unspecified atom stereocenters. The van der Waals surface area contributed by atoms with Crippen molar-refractivity contribution in [1.29, 1.82) is 0 Å². The van der Waals surface area contributed by atoms with Crippen LogP contribution in [0.1, 0.15) is 23.0 Å². The SMILES string of the molecule is OC[C@H]1O[C@@H](c2c(O)ccc3cc(Cc4ccc(O)cc4)oc23)[C@H](O)[C@H](O)[C@H]1O. The van der Waals surface area contributed by atoms with Gasteiger partial charge >= 0.3 is 0 Å². The van der Waals surface area contributed by atoms with Gasteiger partial charge in [0.05, 0.1) is 12.2 Å². The van der Waals surface area contributed by atoms with E-state index in [1.54, 1.807) is 36.4 Å². The van der Waals surface area contributed by atoms with Crippen LogP contribution in [0.5, 0.6) is 11.5 Å². The third kappa shape index (κ3) is 3.57. The van der Waals surface area contributed by atoms with Gasteiger partial charge in [0, 0.05) is 11.8 Å². The number of hydrogen-bond acceptors (Lipinski definition) is 8. The Bertz CT molecular complexity index is 994. The predicted octanol–water partition coefficient (Wildman–Crippen LogP) is 0.950. The van der Waals surface area contributed by atoms with E-state index in [0.717, 1.165) is 5.56 Å². The zero-order chi connectivity index (χ0) is 20.7. The summed E-state index contributed by atoms with van der Waals surface area (Å²) in [5.74, 6) is 0.544. The van der Waals surface area contributed by atoms with E-state index in [-0.39, 0.29) is 22.6 Å². The molecule has 1 aliphatic heterocycles. The molecule has 8 heteroatoms. The van der Waals surface area contributed by atoms with Crippen molar-refractivity contribution >= 4 is 11.0 Å². The fourth-order valence-corrected chi connectivity index (χ4v) is 3.68. The van der Waals surface area contributed by atoms with Gasteiger partial charge in [-0.3, -0.25) is 0 Å². The first kappa shape index (κ1) is 19.7. The van der Waals surface area contributed by atoms with Crippen LogP contribution in [0.25, 0.3) is 11.0 Å². The average molecular weight is 402 g/mol. The van der Waals surface area contributed by atoms with E-state index in [9.17, 15) is 30.6 Å². The lowest BCUT2D eigenvalue weighted by Crippen LogP contribution is -2.55. The molecule has 1 fully saturated rings. The van der Waals surface area contributed by atoms with E-state index >= 15 is 0 Å². The van der Waals surface area contributed by atoms with Gasteiger partial charge in [0.2, 0.25) is 0 Å². The van der Waals surface area contributed by atoms with Gasteiger partial charge < -0.3 is 39.8 Å². The van der Waals surface area contributed by atoms with E-state index in [4.69, 9.17) is 9.15 Å². The highest BCUT2D eigenvalue weighted by Gasteiger charge is 2.45. The fraction of sp³-hybridized carbons (Fsp3) is 0.333. The van der Waals surface area contributed by atoms with Crippen molar-refractivity contribution in [2.45, 2.75) is 36.9 Å². The predicted molar refractivity (Wildman–Crippen MR) is 102 cm³/mol. The Morgan fingerprint density at radius 3 is 2.28 bits per heavy atom. The Morgan fingerprint density at radius 2 is 1.59 bits per heavy atom. The molecule has 0 radical (unpaired) electrons. The van der Waals surface area contributed by atoms with Gasteiger partial charge in [0.1, 0.15) is 53.4 Å². The van der Waals surface area contributed by atoms with Crippen LogP contribution < -0.4 is 0 Å². The number of fused-ring (bicyclic) bond motifs is 1. The summed E-state index contributed by atoms with van der Waals surface area (Å²) < 4.78 is 11.5. The quantitative estimate of drug-likeness (QED) is 0.379. The summed E-state index contributed by atoms with van der Waals surface area (Å²) >= 11 is 0. The summed E-state index contributed by atoms with van der Waals surface area (Å²) in [5.41, 5.74) is 1.32. The molecule has 154 valence electrons. The van der Waals surface area contributed by atoms with Gasteiger partial charge in [-0.1, -0.05) is 12.1 Å². The highest BCUT2D eigenvalue weighted by Crippen LogP contribution is 2.41. The van der Waals surface area contributed by atoms with E-state index in [1.165, 1.54) is 6.07 Å². The number of hydrogen-bond donors (Lipinski definition) is 6. The average Bonchev–Trinajstić information content (AvgIpc) is 3.11. The van der Waals surface area contributed by atoms with Crippen molar-refractivity contribution in [2.24, 2.45) is 0 Å². The minimum atomic E-state index is -1.56. The van der Waals surface area contributed by atoms with Gasteiger partial charge in [-0.05, 0) is 35.9 Å². The van der Waals surface area contributed by atoms with E-state index < -0.39 is 37.1 Å². The van der Waals surface area contributed by atoms with Crippen LogP contribution in [0.3, 0.4) is 0 Å². The smallest absolute Gasteiger partial charge is 0.143 e. The third-order valence-corrected chi connectivity index (χ3v) is 5.24. The zero-order valence-corrected chi connectivity index (χ0v) is 15.3. The zero-order valence-electron chi connectivity index (χ0n) is 15.3. The van der Waals surface area contributed by atoms with E-state index in [2.05, 4.69) is 0 Å². The summed E-state index contributed by atoms with van der Waals surface area (Å²) in [6, 6.07) is 11.5. The van der Waals surface area contributed by atoms with Gasteiger partial charge in [-0.2, -0.15) is 0 Å². The van der Waals surface area contributed by atoms with Gasteiger partial charge in [-0.15, -0.1) is 0 Å². The molecular formula is C21H22O8. The number of furan rings is 1. The molecule has 0 amide bonds. The molecule has 0 bridgehead atoms. The molecular weight excluding hydrogens is 380 g/mol. The number of aliphatic hydroxyl groups excluding tert-OH is 4. The molecule has 29 heavy (non-hydrogen) atoms. The number of phenolic OH excluding ortho intramolecular Hbond substituents is 2. The topological polar surface area (TPSA) is 144 Å². The molecule has 1 aliphatic rings. The van der Waals surface area contributed by atoms with Gasteiger partial charge in [-0.25, -0.2) is 0 Å². The first-order chi connectivity index (χ1) is 13.9. The lowest BCUT2D eigenvalue weighted by molar-refractivity contribution is -0.231. The Morgan fingerprint density at radius 1 is 0.862 bits per heavy atom. The number of aromatic hydroxyl groups is 2. The summed E-state index contributed by atoms with van der Waals surface area (Å²) in [4.78, 5) is 0. The highest BCUT2D eigenvalue weighted by molar-refractivity contribution is 5.84. The number of phenols is 2. The van der Waals surface area contributed by atoms with Crippen molar-refractivity contribution in [1.82, 2.24) is 0 Å². The number of benzene rings is 2. The first-order valence-electron chi connectivity index (χ1n) is 9.21. The highest BCUT2D eigenvalue weighted by atomic mass is 16.5. The van der Waals surface area contributed by atoms with Crippen molar-refractivity contribution in [3.63, 3.8) is 0 Å². The molecule has 0 saturated carbocycles. The molecule has 1 saturated heterocycles. The summed E-state index contributed by atoms with van der Waals surface area (Å²) in [6.45, 7) is -0.567. The van der Waals surface area contributed by atoms with Gasteiger partial charge in [0.15, 0.2) is 0 Å². The van der Waals surface area contributed by atoms with Crippen LogP contribution in [-0.2, 0) is 11.2 Å². The van der Waals surface area contributed by atoms with E-state index in [1.807, 2.05) is 0 Å². The fourth-order valence-electron chi connectivity index (χ4n) is 3.68. The van der Waals surface area contributed by atoms with Crippen LogP contribution in [0.4, 0.5) is 0 Å². The Hall–Kier alpha value is -2.62. The van der Waals surface area contributed by atoms with Crippen molar-refractivity contribution in [2.75, 3.05) is 6.61 Å². The largest absolute Gasteiger partial charge is 0.508 e. The van der Waals surface area contributed by atoms with E-state index in [0.29, 0.717) is 17.6 Å². The molecule has 2 heterocycles. The maximum atomic E-state index is 10.4. The van der Waals surface area contributed by atoms with Crippen molar-refractivity contribution in [3.8, 4) is 11.5 Å². The van der Waals surface area contributed by atoms with Crippen LogP contribution in [-0.4, -0.2) is 61.7 Å². The summed E-state index contributed by atoms with van der Waals surface area (Å²) in [7, 11) is 0. The number of rotatable bonds is 4. The molecule has 4 rings (SSSR count). The second-order valence-corrected chi connectivity index (χ2v) is 7.22.